The third kappa shape index (κ3) is 4.45. The topological polar surface area (TPSA) is 41.1 Å². The quantitative estimate of drug-likeness (QED) is 0.671. The summed E-state index contributed by atoms with van der Waals surface area (Å²) < 4.78 is 0. The van der Waals surface area contributed by atoms with Gasteiger partial charge in [0.2, 0.25) is 5.91 Å². The van der Waals surface area contributed by atoms with Crippen LogP contribution in [0.25, 0.3) is 0 Å². The number of anilines is 1. The predicted molar refractivity (Wildman–Crippen MR) is 101 cm³/mol. The predicted octanol–water partition coefficient (Wildman–Crippen LogP) is 4.72. The average Bonchev–Trinajstić information content (AvgIpc) is 3.10. The molecule has 0 aliphatic carbocycles. The zero-order valence-electron chi connectivity index (χ0n) is 12.9. The molecule has 0 bridgehead atoms. The van der Waals surface area contributed by atoms with Gasteiger partial charge in [0.15, 0.2) is 0 Å². The third-order valence-electron chi connectivity index (χ3n) is 3.54. The number of rotatable bonds is 6. The van der Waals surface area contributed by atoms with E-state index in [1.165, 1.54) is 4.88 Å². The number of halogens is 1. The highest BCUT2D eigenvalue weighted by Crippen LogP contribution is 2.25. The minimum absolute atomic E-state index is 0.00342. The molecule has 24 heavy (non-hydrogen) atoms. The Morgan fingerprint density at radius 3 is 2.58 bits per heavy atom. The highest BCUT2D eigenvalue weighted by Gasteiger charge is 2.15. The molecule has 5 heteroatoms. The number of carbonyl (C=O) groups excluding carboxylic acids is 1. The molecule has 3 aromatic rings. The first-order chi connectivity index (χ1) is 11.7. The SMILES string of the molecule is O=C(CN[C@H](c1ccccc1)c1cccs1)Nc1cccc(Cl)c1. The van der Waals surface area contributed by atoms with Gasteiger partial charge in [0.1, 0.15) is 0 Å². The summed E-state index contributed by atoms with van der Waals surface area (Å²) in [5.41, 5.74) is 1.83. The Morgan fingerprint density at radius 2 is 1.88 bits per heavy atom. The maximum absolute atomic E-state index is 12.2. The molecule has 0 spiro atoms. The van der Waals surface area contributed by atoms with Crippen LogP contribution in [0.3, 0.4) is 0 Å². The van der Waals surface area contributed by atoms with Gasteiger partial charge in [-0.15, -0.1) is 11.3 Å². The van der Waals surface area contributed by atoms with Gasteiger partial charge in [0.25, 0.3) is 0 Å². The molecule has 0 radical (unpaired) electrons. The maximum atomic E-state index is 12.2. The van der Waals surface area contributed by atoms with E-state index < -0.39 is 0 Å². The Labute approximate surface area is 150 Å². The third-order valence-corrected chi connectivity index (χ3v) is 4.71. The van der Waals surface area contributed by atoms with E-state index in [0.29, 0.717) is 10.7 Å². The van der Waals surface area contributed by atoms with E-state index in [1.54, 1.807) is 23.5 Å². The maximum Gasteiger partial charge on any atom is 0.238 e. The van der Waals surface area contributed by atoms with Gasteiger partial charge >= 0.3 is 0 Å². The molecule has 3 nitrogen and oxygen atoms in total. The minimum atomic E-state index is -0.102. The molecule has 0 aliphatic heterocycles. The molecule has 0 unspecified atom stereocenters. The van der Waals surface area contributed by atoms with Gasteiger partial charge in [-0.3, -0.25) is 10.1 Å². The van der Waals surface area contributed by atoms with Crippen molar-refractivity contribution in [3.05, 3.63) is 87.6 Å². The molecular weight excluding hydrogens is 340 g/mol. The Bertz CT molecular complexity index is 790. The van der Waals surface area contributed by atoms with Crippen LogP contribution in [0.15, 0.2) is 72.1 Å². The molecular formula is C19H17ClN2OS. The van der Waals surface area contributed by atoms with E-state index in [-0.39, 0.29) is 18.5 Å². The van der Waals surface area contributed by atoms with Crippen LogP contribution in [0, 0.1) is 0 Å². The fourth-order valence-electron chi connectivity index (χ4n) is 2.45. The lowest BCUT2D eigenvalue weighted by Gasteiger charge is -2.18. The number of nitrogens with one attached hydrogen (secondary N) is 2. The first-order valence-electron chi connectivity index (χ1n) is 7.59. The summed E-state index contributed by atoms with van der Waals surface area (Å²) in [5.74, 6) is -0.102. The van der Waals surface area contributed by atoms with Crippen molar-refractivity contribution in [2.45, 2.75) is 6.04 Å². The number of benzene rings is 2. The van der Waals surface area contributed by atoms with Crippen LogP contribution in [0.5, 0.6) is 0 Å². The van der Waals surface area contributed by atoms with Crippen molar-refractivity contribution in [2.24, 2.45) is 0 Å². The highest BCUT2D eigenvalue weighted by molar-refractivity contribution is 7.10. The number of thiophene rings is 1. The Morgan fingerprint density at radius 1 is 1.04 bits per heavy atom. The molecule has 2 aromatic carbocycles. The van der Waals surface area contributed by atoms with E-state index in [0.717, 1.165) is 5.56 Å². The molecule has 122 valence electrons. The van der Waals surface area contributed by atoms with E-state index >= 15 is 0 Å². The standard InChI is InChI=1S/C19H17ClN2OS/c20-15-8-4-9-16(12-15)22-18(23)13-21-19(17-10-5-11-24-17)14-6-2-1-3-7-14/h1-12,19,21H,13H2,(H,22,23)/t19-/m1/s1. The van der Waals surface area contributed by atoms with Crippen molar-refractivity contribution in [3.8, 4) is 0 Å². The molecule has 1 aromatic heterocycles. The van der Waals surface area contributed by atoms with Crippen molar-refractivity contribution >= 4 is 34.5 Å². The monoisotopic (exact) mass is 356 g/mol. The van der Waals surface area contributed by atoms with Crippen molar-refractivity contribution in [3.63, 3.8) is 0 Å². The molecule has 0 saturated heterocycles. The fraction of sp³-hybridized carbons (Fsp3) is 0.105. The molecule has 3 rings (SSSR count). The molecule has 0 saturated carbocycles. The second-order valence-corrected chi connectivity index (χ2v) is 6.71. The van der Waals surface area contributed by atoms with Crippen molar-refractivity contribution < 1.29 is 4.79 Å². The molecule has 1 heterocycles. The van der Waals surface area contributed by atoms with Gasteiger partial charge in [0, 0.05) is 15.6 Å². The van der Waals surface area contributed by atoms with E-state index in [1.807, 2.05) is 41.8 Å². The summed E-state index contributed by atoms with van der Waals surface area (Å²) in [5, 5.41) is 8.83. The van der Waals surface area contributed by atoms with Crippen LogP contribution < -0.4 is 10.6 Å². The lowest BCUT2D eigenvalue weighted by molar-refractivity contribution is -0.115. The molecule has 0 fully saturated rings. The van der Waals surface area contributed by atoms with Crippen LogP contribution in [0.4, 0.5) is 5.69 Å². The van der Waals surface area contributed by atoms with Crippen molar-refractivity contribution in [1.82, 2.24) is 5.32 Å². The first kappa shape index (κ1) is 16.7. The zero-order chi connectivity index (χ0) is 16.8. The van der Waals surface area contributed by atoms with Gasteiger partial charge in [-0.25, -0.2) is 0 Å². The summed E-state index contributed by atoms with van der Waals surface area (Å²) in [6, 6.07) is 21.3. The minimum Gasteiger partial charge on any atom is -0.325 e. The van der Waals surface area contributed by atoms with Gasteiger partial charge in [0.05, 0.1) is 12.6 Å². The Kier molecular flexibility index (Phi) is 5.64. The molecule has 0 aliphatic rings. The van der Waals surface area contributed by atoms with E-state index in [9.17, 15) is 4.79 Å². The number of amides is 1. The van der Waals surface area contributed by atoms with Crippen LogP contribution in [-0.4, -0.2) is 12.5 Å². The lowest BCUT2D eigenvalue weighted by Crippen LogP contribution is -2.31. The highest BCUT2D eigenvalue weighted by atomic mass is 35.5. The second-order valence-electron chi connectivity index (χ2n) is 5.30. The normalized spacial score (nSPS) is 11.9. The summed E-state index contributed by atoms with van der Waals surface area (Å²) >= 11 is 7.61. The molecule has 2 N–H and O–H groups in total. The first-order valence-corrected chi connectivity index (χ1v) is 8.85. The van der Waals surface area contributed by atoms with E-state index in [4.69, 9.17) is 11.6 Å². The van der Waals surface area contributed by atoms with Crippen molar-refractivity contribution in [1.29, 1.82) is 0 Å². The van der Waals surface area contributed by atoms with Crippen LogP contribution in [0.1, 0.15) is 16.5 Å². The number of carbonyl (C=O) groups is 1. The van der Waals surface area contributed by atoms with E-state index in [2.05, 4.69) is 28.8 Å². The van der Waals surface area contributed by atoms with Crippen LogP contribution in [-0.2, 0) is 4.79 Å². The smallest absolute Gasteiger partial charge is 0.238 e. The molecule has 1 atom stereocenters. The van der Waals surface area contributed by atoms with Gasteiger partial charge in [-0.05, 0) is 35.2 Å². The van der Waals surface area contributed by atoms with Gasteiger partial charge < -0.3 is 5.32 Å². The summed E-state index contributed by atoms with van der Waals surface area (Å²) in [6.07, 6.45) is 0. The number of hydrogen-bond donors (Lipinski definition) is 2. The van der Waals surface area contributed by atoms with Gasteiger partial charge in [-0.1, -0.05) is 54.1 Å². The largest absolute Gasteiger partial charge is 0.325 e. The average molecular weight is 357 g/mol. The Balaban J connectivity index is 1.67. The fourth-order valence-corrected chi connectivity index (χ4v) is 3.47. The van der Waals surface area contributed by atoms with Crippen LogP contribution in [0.2, 0.25) is 5.02 Å². The van der Waals surface area contributed by atoms with Gasteiger partial charge in [-0.2, -0.15) is 0 Å². The molecule has 1 amide bonds. The number of hydrogen-bond acceptors (Lipinski definition) is 3. The summed E-state index contributed by atoms with van der Waals surface area (Å²) in [6.45, 7) is 0.212. The van der Waals surface area contributed by atoms with Crippen LogP contribution >= 0.6 is 22.9 Å². The summed E-state index contributed by atoms with van der Waals surface area (Å²) in [7, 11) is 0. The zero-order valence-corrected chi connectivity index (χ0v) is 14.5. The second kappa shape index (κ2) is 8.11. The summed E-state index contributed by atoms with van der Waals surface area (Å²) in [4.78, 5) is 13.4. The lowest BCUT2D eigenvalue weighted by atomic mass is 10.1. The van der Waals surface area contributed by atoms with Crippen molar-refractivity contribution in [2.75, 3.05) is 11.9 Å². The Hall–Kier alpha value is -2.14.